The highest BCUT2D eigenvalue weighted by Gasteiger charge is 2.29. The van der Waals surface area contributed by atoms with Crippen LogP contribution in [0.25, 0.3) is 0 Å². The first kappa shape index (κ1) is 21.0. The highest BCUT2D eigenvalue weighted by atomic mass is 127. The van der Waals surface area contributed by atoms with Crippen molar-refractivity contribution < 1.29 is 4.74 Å². The zero-order chi connectivity index (χ0) is 16.7. The Bertz CT molecular complexity index is 510. The Morgan fingerprint density at radius 1 is 1.25 bits per heavy atom. The molecular formula is C18H31IN4O. The number of nitrogens with one attached hydrogen (secondary N) is 2. The molecule has 1 aromatic rings. The van der Waals surface area contributed by atoms with E-state index < -0.39 is 0 Å². The van der Waals surface area contributed by atoms with Crippen molar-refractivity contribution in [2.45, 2.75) is 31.8 Å². The fraction of sp³-hybridized carbons (Fsp3) is 0.611. The van der Waals surface area contributed by atoms with E-state index in [1.165, 1.54) is 11.3 Å². The van der Waals surface area contributed by atoms with Gasteiger partial charge in [0.15, 0.2) is 5.96 Å². The molecular weight excluding hydrogens is 415 g/mol. The van der Waals surface area contributed by atoms with E-state index in [4.69, 9.17) is 4.74 Å². The Balaban J connectivity index is 0.00000288. The highest BCUT2D eigenvalue weighted by Crippen LogP contribution is 2.23. The molecule has 1 atom stereocenters. The normalized spacial score (nSPS) is 20.4. The Labute approximate surface area is 163 Å². The van der Waals surface area contributed by atoms with Crippen LogP contribution in [-0.4, -0.2) is 52.4 Å². The number of nitrogens with zero attached hydrogens (tertiary/aromatic N) is 2. The Hall–Kier alpha value is -1.02. The molecule has 6 heteroatoms. The van der Waals surface area contributed by atoms with Crippen molar-refractivity contribution in [2.24, 2.45) is 4.99 Å². The number of hydrogen-bond acceptors (Lipinski definition) is 3. The second kappa shape index (κ2) is 10.1. The van der Waals surface area contributed by atoms with E-state index in [0.717, 1.165) is 44.9 Å². The molecule has 1 aromatic carbocycles. The number of guanidine groups is 1. The third-order valence-corrected chi connectivity index (χ3v) is 4.31. The standard InChI is InChI=1S/C18H30N4O.HI/c1-18(11-5-13-23-18)14-21-17(19-2)20-12-10-15-6-8-16(9-7-15)22(3)4;/h6-9H,5,10-14H2,1-4H3,(H2,19,20,21);1H. The van der Waals surface area contributed by atoms with Crippen LogP contribution in [0.15, 0.2) is 29.3 Å². The molecule has 1 aliphatic rings. The summed E-state index contributed by atoms with van der Waals surface area (Å²) in [5.74, 6) is 0.839. The summed E-state index contributed by atoms with van der Waals surface area (Å²) >= 11 is 0. The minimum absolute atomic E-state index is 0. The Morgan fingerprint density at radius 2 is 1.96 bits per heavy atom. The summed E-state index contributed by atoms with van der Waals surface area (Å²) < 4.78 is 5.79. The van der Waals surface area contributed by atoms with Crippen LogP contribution in [0.1, 0.15) is 25.3 Å². The van der Waals surface area contributed by atoms with Gasteiger partial charge >= 0.3 is 0 Å². The van der Waals surface area contributed by atoms with Gasteiger partial charge in [0.05, 0.1) is 5.60 Å². The predicted octanol–water partition coefficient (Wildman–Crippen LogP) is 2.65. The van der Waals surface area contributed by atoms with Gasteiger partial charge in [-0.1, -0.05) is 12.1 Å². The molecule has 2 rings (SSSR count). The van der Waals surface area contributed by atoms with Gasteiger partial charge in [-0.2, -0.15) is 0 Å². The first-order valence-electron chi connectivity index (χ1n) is 8.37. The van der Waals surface area contributed by atoms with Crippen molar-refractivity contribution >= 4 is 35.6 Å². The van der Waals surface area contributed by atoms with E-state index in [1.54, 1.807) is 7.05 Å². The van der Waals surface area contributed by atoms with Crippen LogP contribution in [0.4, 0.5) is 5.69 Å². The Morgan fingerprint density at radius 3 is 2.50 bits per heavy atom. The van der Waals surface area contributed by atoms with Crippen molar-refractivity contribution in [1.29, 1.82) is 0 Å². The number of ether oxygens (including phenoxy) is 1. The Kier molecular flexibility index (Phi) is 8.83. The van der Waals surface area contributed by atoms with Crippen LogP contribution in [0.3, 0.4) is 0 Å². The molecule has 0 bridgehead atoms. The van der Waals surface area contributed by atoms with Gasteiger partial charge in [0.25, 0.3) is 0 Å². The lowest BCUT2D eigenvalue weighted by Gasteiger charge is -2.24. The van der Waals surface area contributed by atoms with Gasteiger partial charge in [-0.25, -0.2) is 0 Å². The molecule has 0 aliphatic carbocycles. The van der Waals surface area contributed by atoms with E-state index in [0.29, 0.717) is 0 Å². The monoisotopic (exact) mass is 446 g/mol. The lowest BCUT2D eigenvalue weighted by atomic mass is 10.0. The molecule has 136 valence electrons. The number of hydrogen-bond donors (Lipinski definition) is 2. The zero-order valence-electron chi connectivity index (χ0n) is 15.3. The molecule has 1 fully saturated rings. The number of benzene rings is 1. The second-order valence-electron chi connectivity index (χ2n) is 6.57. The first-order valence-corrected chi connectivity index (χ1v) is 8.37. The van der Waals surface area contributed by atoms with Crippen molar-refractivity contribution in [2.75, 3.05) is 45.7 Å². The molecule has 0 radical (unpaired) electrons. The minimum Gasteiger partial charge on any atom is -0.378 e. The van der Waals surface area contributed by atoms with Crippen LogP contribution in [-0.2, 0) is 11.2 Å². The maximum Gasteiger partial charge on any atom is 0.191 e. The van der Waals surface area contributed by atoms with Crippen molar-refractivity contribution in [3.63, 3.8) is 0 Å². The van der Waals surface area contributed by atoms with E-state index in [1.807, 2.05) is 0 Å². The minimum atomic E-state index is -0.0559. The molecule has 0 saturated carbocycles. The summed E-state index contributed by atoms with van der Waals surface area (Å²) in [6.07, 6.45) is 3.23. The van der Waals surface area contributed by atoms with E-state index >= 15 is 0 Å². The molecule has 0 amide bonds. The maximum atomic E-state index is 5.79. The van der Waals surface area contributed by atoms with Crippen LogP contribution >= 0.6 is 24.0 Å². The largest absolute Gasteiger partial charge is 0.378 e. The van der Waals surface area contributed by atoms with E-state index in [-0.39, 0.29) is 29.6 Å². The van der Waals surface area contributed by atoms with E-state index in [9.17, 15) is 0 Å². The summed E-state index contributed by atoms with van der Waals surface area (Å²) in [7, 11) is 5.92. The average molecular weight is 446 g/mol. The number of halogens is 1. The van der Waals surface area contributed by atoms with Crippen molar-refractivity contribution in [1.82, 2.24) is 10.6 Å². The van der Waals surface area contributed by atoms with Gasteiger partial charge in [-0.15, -0.1) is 24.0 Å². The van der Waals surface area contributed by atoms with Gasteiger partial charge in [-0.05, 0) is 43.9 Å². The maximum absolute atomic E-state index is 5.79. The topological polar surface area (TPSA) is 48.9 Å². The first-order chi connectivity index (χ1) is 11.0. The number of aliphatic imine (C=N–C) groups is 1. The molecule has 2 N–H and O–H groups in total. The SMILES string of the molecule is CN=C(NCCc1ccc(N(C)C)cc1)NCC1(C)CCCO1.I. The molecule has 0 aromatic heterocycles. The number of rotatable bonds is 6. The van der Waals surface area contributed by atoms with Gasteiger partial charge in [-0.3, -0.25) is 4.99 Å². The molecule has 1 aliphatic heterocycles. The third-order valence-electron chi connectivity index (χ3n) is 4.31. The zero-order valence-corrected chi connectivity index (χ0v) is 17.6. The van der Waals surface area contributed by atoms with Gasteiger partial charge in [0.1, 0.15) is 0 Å². The lowest BCUT2D eigenvalue weighted by Crippen LogP contribution is -2.45. The molecule has 1 unspecified atom stereocenters. The summed E-state index contributed by atoms with van der Waals surface area (Å²) in [4.78, 5) is 6.39. The molecule has 1 saturated heterocycles. The van der Waals surface area contributed by atoms with Gasteiger partial charge in [0, 0.05) is 46.5 Å². The van der Waals surface area contributed by atoms with Crippen molar-refractivity contribution in [3.8, 4) is 0 Å². The second-order valence-corrected chi connectivity index (χ2v) is 6.57. The van der Waals surface area contributed by atoms with Crippen molar-refractivity contribution in [3.05, 3.63) is 29.8 Å². The number of anilines is 1. The summed E-state index contributed by atoms with van der Waals surface area (Å²) in [6, 6.07) is 8.67. The fourth-order valence-electron chi connectivity index (χ4n) is 2.75. The lowest BCUT2D eigenvalue weighted by molar-refractivity contribution is 0.0243. The van der Waals surface area contributed by atoms with Crippen LogP contribution in [0.5, 0.6) is 0 Å². The molecule has 0 spiro atoms. The third kappa shape index (κ3) is 6.47. The molecule has 1 heterocycles. The predicted molar refractivity (Wildman–Crippen MR) is 113 cm³/mol. The average Bonchev–Trinajstić information content (AvgIpc) is 2.98. The highest BCUT2D eigenvalue weighted by molar-refractivity contribution is 14.0. The summed E-state index contributed by atoms with van der Waals surface area (Å²) in [6.45, 7) is 4.68. The quantitative estimate of drug-likeness (QED) is 0.401. The summed E-state index contributed by atoms with van der Waals surface area (Å²) in [5, 5.41) is 6.74. The molecule has 24 heavy (non-hydrogen) atoms. The fourth-order valence-corrected chi connectivity index (χ4v) is 2.75. The van der Waals surface area contributed by atoms with Crippen LogP contribution in [0, 0.1) is 0 Å². The smallest absolute Gasteiger partial charge is 0.191 e. The molecule has 5 nitrogen and oxygen atoms in total. The van der Waals surface area contributed by atoms with Gasteiger partial charge in [0.2, 0.25) is 0 Å². The van der Waals surface area contributed by atoms with Gasteiger partial charge < -0.3 is 20.3 Å². The summed E-state index contributed by atoms with van der Waals surface area (Å²) in [5.41, 5.74) is 2.49. The van der Waals surface area contributed by atoms with Crippen LogP contribution < -0.4 is 15.5 Å². The van der Waals surface area contributed by atoms with Crippen LogP contribution in [0.2, 0.25) is 0 Å². The van der Waals surface area contributed by atoms with E-state index in [2.05, 4.69) is 65.8 Å².